The summed E-state index contributed by atoms with van der Waals surface area (Å²) in [5.41, 5.74) is 7.11. The molecule has 0 saturated heterocycles. The number of aliphatic carboxylic acids is 1. The van der Waals surface area contributed by atoms with Crippen LogP contribution in [0.2, 0.25) is 0 Å². The molecule has 0 fully saturated rings. The highest BCUT2D eigenvalue weighted by molar-refractivity contribution is 5.95. The van der Waals surface area contributed by atoms with Crippen molar-refractivity contribution >= 4 is 17.7 Å². The molecule has 1 heterocycles. The zero-order valence-electron chi connectivity index (χ0n) is 11.2. The molecule has 1 aromatic carbocycles. The number of nitrogens with one attached hydrogen (secondary N) is 1. The van der Waals surface area contributed by atoms with Gasteiger partial charge in [-0.25, -0.2) is 4.79 Å². The Morgan fingerprint density at radius 1 is 1.40 bits per heavy atom. The number of carbonyl (C=O) groups is 2. The maximum atomic E-state index is 12.1. The van der Waals surface area contributed by atoms with E-state index < -0.39 is 5.97 Å². The van der Waals surface area contributed by atoms with Gasteiger partial charge in [-0.05, 0) is 24.6 Å². The lowest BCUT2D eigenvalue weighted by molar-refractivity contribution is -0.137. The van der Waals surface area contributed by atoms with Gasteiger partial charge in [0, 0.05) is 24.7 Å². The van der Waals surface area contributed by atoms with Crippen LogP contribution in [-0.2, 0) is 4.79 Å². The average molecular weight is 277 g/mol. The molecule has 1 atom stereocenters. The van der Waals surface area contributed by atoms with Crippen LogP contribution in [0.5, 0.6) is 0 Å². The van der Waals surface area contributed by atoms with Crippen molar-refractivity contribution in [3.8, 4) is 0 Å². The number of urea groups is 1. The van der Waals surface area contributed by atoms with Gasteiger partial charge < -0.3 is 16.2 Å². The number of nitrogens with zero attached hydrogens (tertiary/aromatic N) is 1. The lowest BCUT2D eigenvalue weighted by atomic mass is 9.98. The fraction of sp³-hybridized carbons (Fsp3) is 0.429. The quantitative estimate of drug-likeness (QED) is 0.703. The first kappa shape index (κ1) is 14.3. The number of benzene rings is 1. The third kappa shape index (κ3) is 3.08. The van der Waals surface area contributed by atoms with Crippen LogP contribution in [0.25, 0.3) is 0 Å². The predicted molar refractivity (Wildman–Crippen MR) is 75.9 cm³/mol. The molecule has 0 bridgehead atoms. The number of nitrogens with two attached hydrogens (primary N) is 1. The van der Waals surface area contributed by atoms with Crippen LogP contribution in [0.15, 0.2) is 24.3 Å². The molecule has 1 aliphatic rings. The van der Waals surface area contributed by atoms with Crippen LogP contribution in [0.4, 0.5) is 10.5 Å². The summed E-state index contributed by atoms with van der Waals surface area (Å²) in [7, 11) is 0. The first-order valence-corrected chi connectivity index (χ1v) is 6.69. The maximum absolute atomic E-state index is 12.1. The predicted octanol–water partition coefficient (Wildman–Crippen LogP) is 1.12. The minimum atomic E-state index is -0.852. The smallest absolute Gasteiger partial charge is 0.321 e. The molecular formula is C14H19N3O3. The summed E-state index contributed by atoms with van der Waals surface area (Å²) in [6, 6.07) is 7.25. The van der Waals surface area contributed by atoms with Crippen molar-refractivity contribution in [3.05, 3.63) is 29.8 Å². The largest absolute Gasteiger partial charge is 0.481 e. The van der Waals surface area contributed by atoms with E-state index in [4.69, 9.17) is 10.8 Å². The highest BCUT2D eigenvalue weighted by atomic mass is 16.4. The third-order valence-corrected chi connectivity index (χ3v) is 3.39. The summed E-state index contributed by atoms with van der Waals surface area (Å²) in [5.74, 6) is -1.00. The molecule has 0 aliphatic carbocycles. The number of fused-ring (bicyclic) bond motifs is 1. The zero-order valence-corrected chi connectivity index (χ0v) is 11.2. The summed E-state index contributed by atoms with van der Waals surface area (Å²) in [6.45, 7) is 1.45. The molecular weight excluding hydrogens is 258 g/mol. The topological polar surface area (TPSA) is 95.7 Å². The van der Waals surface area contributed by atoms with E-state index in [0.717, 1.165) is 17.7 Å². The molecule has 6 heteroatoms. The Bertz CT molecular complexity index is 504. The van der Waals surface area contributed by atoms with Gasteiger partial charge in [0.25, 0.3) is 0 Å². The molecule has 0 aromatic heterocycles. The van der Waals surface area contributed by atoms with Crippen LogP contribution < -0.4 is 16.0 Å². The number of carbonyl (C=O) groups excluding carboxylic acids is 1. The van der Waals surface area contributed by atoms with Crippen LogP contribution in [0, 0.1) is 0 Å². The Balaban J connectivity index is 2.12. The molecule has 1 unspecified atom stereocenters. The highest BCUT2D eigenvalue weighted by Crippen LogP contribution is 2.37. The molecule has 0 radical (unpaired) electrons. The number of carboxylic acid groups (broad SMARTS) is 1. The molecule has 2 rings (SSSR count). The number of hydrogen-bond acceptors (Lipinski definition) is 3. The van der Waals surface area contributed by atoms with Crippen LogP contribution in [0.1, 0.15) is 24.3 Å². The van der Waals surface area contributed by atoms with Gasteiger partial charge in [0.2, 0.25) is 0 Å². The monoisotopic (exact) mass is 277 g/mol. The molecule has 0 spiro atoms. The maximum Gasteiger partial charge on any atom is 0.321 e. The van der Waals surface area contributed by atoms with E-state index in [-0.39, 0.29) is 18.4 Å². The van der Waals surface area contributed by atoms with Gasteiger partial charge in [-0.15, -0.1) is 0 Å². The normalized spacial score (nSPS) is 16.9. The molecule has 1 aliphatic heterocycles. The summed E-state index contributed by atoms with van der Waals surface area (Å²) < 4.78 is 0. The Morgan fingerprint density at radius 2 is 2.15 bits per heavy atom. The first-order chi connectivity index (χ1) is 9.63. The molecule has 4 N–H and O–H groups in total. The van der Waals surface area contributed by atoms with Crippen LogP contribution >= 0.6 is 0 Å². The van der Waals surface area contributed by atoms with Crippen molar-refractivity contribution in [2.75, 3.05) is 24.5 Å². The molecule has 0 saturated carbocycles. The van der Waals surface area contributed by atoms with Crippen LogP contribution in [-0.4, -0.2) is 36.7 Å². The van der Waals surface area contributed by atoms with Crippen molar-refractivity contribution in [2.45, 2.75) is 18.8 Å². The van der Waals surface area contributed by atoms with Gasteiger partial charge in [0.1, 0.15) is 0 Å². The number of para-hydroxylation sites is 1. The summed E-state index contributed by atoms with van der Waals surface area (Å²) in [4.78, 5) is 24.7. The number of rotatable bonds is 5. The van der Waals surface area contributed by atoms with Crippen molar-refractivity contribution < 1.29 is 14.7 Å². The Labute approximate surface area is 117 Å². The third-order valence-electron chi connectivity index (χ3n) is 3.39. The Kier molecular flexibility index (Phi) is 4.57. The van der Waals surface area contributed by atoms with E-state index in [2.05, 4.69) is 5.32 Å². The van der Waals surface area contributed by atoms with Gasteiger partial charge in [0.15, 0.2) is 0 Å². The highest BCUT2D eigenvalue weighted by Gasteiger charge is 2.33. The van der Waals surface area contributed by atoms with Gasteiger partial charge in [-0.2, -0.15) is 0 Å². The summed E-state index contributed by atoms with van der Waals surface area (Å²) >= 11 is 0. The standard InChI is InChI=1S/C14H19N3O3/c15-6-3-7-16-14(20)17-9-10(8-13(18)19)11-4-1-2-5-12(11)17/h1-2,4-5,10H,3,6-9,15H2,(H,16,20)(H,18,19). The fourth-order valence-corrected chi connectivity index (χ4v) is 2.47. The zero-order chi connectivity index (χ0) is 14.5. The minimum absolute atomic E-state index is 0.0313. The van der Waals surface area contributed by atoms with Crippen LogP contribution in [0.3, 0.4) is 0 Å². The van der Waals surface area contributed by atoms with E-state index in [0.29, 0.717) is 19.6 Å². The molecule has 1 aromatic rings. The number of anilines is 1. The van der Waals surface area contributed by atoms with Crippen molar-refractivity contribution in [3.63, 3.8) is 0 Å². The van der Waals surface area contributed by atoms with E-state index in [1.165, 1.54) is 0 Å². The molecule has 20 heavy (non-hydrogen) atoms. The van der Waals surface area contributed by atoms with Crippen molar-refractivity contribution in [1.82, 2.24) is 5.32 Å². The van der Waals surface area contributed by atoms with Gasteiger partial charge in [-0.3, -0.25) is 9.69 Å². The lowest BCUT2D eigenvalue weighted by Gasteiger charge is -2.18. The Morgan fingerprint density at radius 3 is 2.85 bits per heavy atom. The second-order valence-corrected chi connectivity index (χ2v) is 4.84. The van der Waals surface area contributed by atoms with Crippen molar-refractivity contribution in [1.29, 1.82) is 0 Å². The summed E-state index contributed by atoms with van der Waals surface area (Å²) in [5, 5.41) is 11.8. The molecule has 2 amide bonds. The minimum Gasteiger partial charge on any atom is -0.481 e. The summed E-state index contributed by atoms with van der Waals surface area (Å²) in [6.07, 6.45) is 0.753. The SMILES string of the molecule is NCCCNC(=O)N1CC(CC(=O)O)c2ccccc21. The average Bonchev–Trinajstić information content (AvgIpc) is 2.78. The fourth-order valence-electron chi connectivity index (χ4n) is 2.47. The van der Waals surface area contributed by atoms with Gasteiger partial charge >= 0.3 is 12.0 Å². The lowest BCUT2D eigenvalue weighted by Crippen LogP contribution is -2.40. The number of carboxylic acids is 1. The Hall–Kier alpha value is -2.08. The van der Waals surface area contributed by atoms with E-state index in [9.17, 15) is 9.59 Å². The van der Waals surface area contributed by atoms with Gasteiger partial charge in [0.05, 0.1) is 6.42 Å². The van der Waals surface area contributed by atoms with Crippen molar-refractivity contribution in [2.24, 2.45) is 5.73 Å². The molecule has 6 nitrogen and oxygen atoms in total. The van der Waals surface area contributed by atoms with Gasteiger partial charge in [-0.1, -0.05) is 18.2 Å². The number of hydrogen-bond donors (Lipinski definition) is 3. The van der Waals surface area contributed by atoms with E-state index >= 15 is 0 Å². The van der Waals surface area contributed by atoms with E-state index in [1.807, 2.05) is 24.3 Å². The number of amides is 2. The first-order valence-electron chi connectivity index (χ1n) is 6.69. The molecule has 108 valence electrons. The second kappa shape index (κ2) is 6.38. The van der Waals surface area contributed by atoms with E-state index in [1.54, 1.807) is 4.90 Å². The second-order valence-electron chi connectivity index (χ2n) is 4.84.